The topological polar surface area (TPSA) is 94.8 Å². The Labute approximate surface area is 145 Å². The summed E-state index contributed by atoms with van der Waals surface area (Å²) < 4.78 is 0. The molecule has 0 aliphatic carbocycles. The number of carbonyl (C=O) groups excluding carboxylic acids is 1. The van der Waals surface area contributed by atoms with E-state index < -0.39 is 24.1 Å². The predicted octanol–water partition coefficient (Wildman–Crippen LogP) is 3.48. The van der Waals surface area contributed by atoms with Crippen LogP contribution in [0.25, 0.3) is 0 Å². The fourth-order valence-electron chi connectivity index (χ4n) is 2.38. The number of unbranched alkanes of at least 4 members (excludes halogenated alkanes) is 6. The first-order chi connectivity index (χ1) is 11.4. The third-order valence-corrected chi connectivity index (χ3v) is 4.22. The monoisotopic (exact) mass is 342 g/mol. The molecule has 0 aliphatic rings. The van der Waals surface area contributed by atoms with E-state index in [9.17, 15) is 19.8 Å². The number of carboxylic acid groups (broad SMARTS) is 1. The molecule has 0 heterocycles. The van der Waals surface area contributed by atoms with E-state index in [2.05, 4.69) is 6.92 Å². The fraction of sp³-hybridized carbons (Fsp3) is 0.789. The smallest absolute Gasteiger partial charge is 0.306 e. The molecule has 0 aromatic heterocycles. The van der Waals surface area contributed by atoms with E-state index in [1.807, 2.05) is 0 Å². The number of rotatable bonds is 15. The third-order valence-electron chi connectivity index (χ3n) is 4.22. The van der Waals surface area contributed by atoms with Gasteiger partial charge in [0.1, 0.15) is 0 Å². The number of hydrogen-bond donors (Lipinski definition) is 3. The first-order valence-corrected chi connectivity index (χ1v) is 9.18. The van der Waals surface area contributed by atoms with Gasteiger partial charge in [0.2, 0.25) is 0 Å². The van der Waals surface area contributed by atoms with Crippen molar-refractivity contribution in [1.82, 2.24) is 0 Å². The quantitative estimate of drug-likeness (QED) is 0.313. The van der Waals surface area contributed by atoms with Crippen LogP contribution in [-0.4, -0.2) is 39.3 Å². The van der Waals surface area contributed by atoms with Gasteiger partial charge in [0, 0.05) is 6.42 Å². The van der Waals surface area contributed by atoms with Gasteiger partial charge in [-0.25, -0.2) is 0 Å². The molecule has 0 fully saturated rings. The number of aliphatic carboxylic acids is 1. The molecule has 0 aromatic rings. The maximum absolute atomic E-state index is 11.6. The molecule has 3 unspecified atom stereocenters. The average molecular weight is 342 g/mol. The molecule has 3 atom stereocenters. The highest BCUT2D eigenvalue weighted by Crippen LogP contribution is 2.12. The summed E-state index contributed by atoms with van der Waals surface area (Å²) in [7, 11) is 0. The zero-order chi connectivity index (χ0) is 18.4. The number of allylic oxidation sites excluding steroid dienone is 1. The Morgan fingerprint density at radius 1 is 0.958 bits per heavy atom. The molecule has 0 aliphatic heterocycles. The Morgan fingerprint density at radius 2 is 1.54 bits per heavy atom. The van der Waals surface area contributed by atoms with E-state index in [1.165, 1.54) is 37.8 Å². The lowest BCUT2D eigenvalue weighted by Crippen LogP contribution is -2.23. The van der Waals surface area contributed by atoms with Gasteiger partial charge in [-0.3, -0.25) is 9.59 Å². The molecule has 0 aromatic carbocycles. The van der Waals surface area contributed by atoms with Crippen LogP contribution < -0.4 is 0 Å². The van der Waals surface area contributed by atoms with Gasteiger partial charge in [-0.05, 0) is 18.9 Å². The van der Waals surface area contributed by atoms with Crippen LogP contribution in [0.1, 0.15) is 78.1 Å². The van der Waals surface area contributed by atoms with E-state index in [1.54, 1.807) is 6.92 Å². The van der Waals surface area contributed by atoms with E-state index >= 15 is 0 Å². The van der Waals surface area contributed by atoms with Crippen LogP contribution in [0, 0.1) is 5.92 Å². The van der Waals surface area contributed by atoms with E-state index in [4.69, 9.17) is 5.11 Å². The highest BCUT2D eigenvalue weighted by atomic mass is 16.4. The Kier molecular flexibility index (Phi) is 13.5. The van der Waals surface area contributed by atoms with Crippen LogP contribution in [-0.2, 0) is 9.59 Å². The van der Waals surface area contributed by atoms with Crippen LogP contribution >= 0.6 is 0 Å². The number of carboxylic acids is 1. The van der Waals surface area contributed by atoms with Crippen molar-refractivity contribution in [2.45, 2.75) is 90.3 Å². The number of ketones is 1. The van der Waals surface area contributed by atoms with E-state index in [0.717, 1.165) is 19.3 Å². The Balaban J connectivity index is 3.85. The lowest BCUT2D eigenvalue weighted by Gasteiger charge is -2.14. The second-order valence-electron chi connectivity index (χ2n) is 6.57. The summed E-state index contributed by atoms with van der Waals surface area (Å²) in [5.41, 5.74) is 0. The molecule has 0 bridgehead atoms. The number of aliphatic hydroxyl groups is 2. The number of carbonyl (C=O) groups is 2. The van der Waals surface area contributed by atoms with Crippen molar-refractivity contribution in [2.24, 2.45) is 5.92 Å². The third kappa shape index (κ3) is 12.3. The Bertz CT molecular complexity index is 378. The van der Waals surface area contributed by atoms with Crippen molar-refractivity contribution in [1.29, 1.82) is 0 Å². The van der Waals surface area contributed by atoms with Crippen molar-refractivity contribution in [3.63, 3.8) is 0 Å². The molecular weight excluding hydrogens is 308 g/mol. The van der Waals surface area contributed by atoms with Gasteiger partial charge in [-0.2, -0.15) is 0 Å². The summed E-state index contributed by atoms with van der Waals surface area (Å²) >= 11 is 0. The van der Waals surface area contributed by atoms with Gasteiger partial charge in [0.25, 0.3) is 0 Å². The van der Waals surface area contributed by atoms with Crippen LogP contribution in [0.15, 0.2) is 12.2 Å². The van der Waals surface area contributed by atoms with Gasteiger partial charge in [-0.15, -0.1) is 0 Å². The van der Waals surface area contributed by atoms with Gasteiger partial charge in [-0.1, -0.05) is 64.9 Å². The minimum atomic E-state index is -1.05. The summed E-state index contributed by atoms with van der Waals surface area (Å²) in [6.07, 6.45) is 9.59. The Hall–Kier alpha value is -1.20. The van der Waals surface area contributed by atoms with Crippen LogP contribution in [0.5, 0.6) is 0 Å². The van der Waals surface area contributed by atoms with Crippen LogP contribution in [0.4, 0.5) is 0 Å². The van der Waals surface area contributed by atoms with Crippen molar-refractivity contribution in [3.8, 4) is 0 Å². The molecule has 0 amide bonds. The largest absolute Gasteiger partial charge is 0.481 e. The van der Waals surface area contributed by atoms with Crippen LogP contribution in [0.2, 0.25) is 0 Å². The van der Waals surface area contributed by atoms with Crippen molar-refractivity contribution < 1.29 is 24.9 Å². The van der Waals surface area contributed by atoms with Gasteiger partial charge >= 0.3 is 5.97 Å². The molecule has 5 heteroatoms. The predicted molar refractivity (Wildman–Crippen MR) is 94.8 cm³/mol. The summed E-state index contributed by atoms with van der Waals surface area (Å²) in [5, 5.41) is 28.4. The van der Waals surface area contributed by atoms with Gasteiger partial charge in [0.05, 0.1) is 18.1 Å². The second-order valence-corrected chi connectivity index (χ2v) is 6.57. The molecule has 5 nitrogen and oxygen atoms in total. The lowest BCUT2D eigenvalue weighted by molar-refractivity contribution is -0.141. The van der Waals surface area contributed by atoms with Gasteiger partial charge < -0.3 is 15.3 Å². The number of aliphatic hydroxyl groups excluding tert-OH is 2. The average Bonchev–Trinajstić information content (AvgIpc) is 2.56. The van der Waals surface area contributed by atoms with Crippen LogP contribution in [0.3, 0.4) is 0 Å². The molecular formula is C19H34O5. The molecule has 0 saturated heterocycles. The minimum Gasteiger partial charge on any atom is -0.481 e. The molecule has 24 heavy (non-hydrogen) atoms. The molecule has 3 N–H and O–H groups in total. The fourth-order valence-corrected chi connectivity index (χ4v) is 2.38. The Morgan fingerprint density at radius 3 is 2.12 bits per heavy atom. The number of hydrogen-bond acceptors (Lipinski definition) is 4. The van der Waals surface area contributed by atoms with Crippen molar-refractivity contribution in [2.75, 3.05) is 0 Å². The highest BCUT2D eigenvalue weighted by Gasteiger charge is 2.14. The maximum atomic E-state index is 11.6. The highest BCUT2D eigenvalue weighted by molar-refractivity contribution is 5.89. The molecule has 140 valence electrons. The SMILES string of the molecule is CCCCCCCCCC(O)C(O)/C=C/C(=O)CCC(C)C(=O)O. The summed E-state index contributed by atoms with van der Waals surface area (Å²) in [4.78, 5) is 22.3. The van der Waals surface area contributed by atoms with E-state index in [0.29, 0.717) is 6.42 Å². The lowest BCUT2D eigenvalue weighted by atomic mass is 10.0. The zero-order valence-corrected chi connectivity index (χ0v) is 15.1. The summed E-state index contributed by atoms with van der Waals surface area (Å²) in [5.74, 6) is -1.71. The van der Waals surface area contributed by atoms with E-state index in [-0.39, 0.29) is 18.6 Å². The van der Waals surface area contributed by atoms with Crippen molar-refractivity contribution in [3.05, 3.63) is 12.2 Å². The molecule has 0 spiro atoms. The molecule has 0 radical (unpaired) electrons. The second kappa shape index (κ2) is 14.2. The van der Waals surface area contributed by atoms with Crippen molar-refractivity contribution >= 4 is 11.8 Å². The molecule has 0 rings (SSSR count). The summed E-state index contributed by atoms with van der Waals surface area (Å²) in [6, 6.07) is 0. The van der Waals surface area contributed by atoms with Gasteiger partial charge in [0.15, 0.2) is 5.78 Å². The summed E-state index contributed by atoms with van der Waals surface area (Å²) in [6.45, 7) is 3.74. The molecule has 0 saturated carbocycles. The normalized spacial score (nSPS) is 15.3. The standard InChI is InChI=1S/C19H34O5/c1-3-4-5-6-7-8-9-10-17(21)18(22)14-13-16(20)12-11-15(2)19(23)24/h13-15,17-18,21-22H,3-12H2,1-2H3,(H,23,24)/b14-13+. The first-order valence-electron chi connectivity index (χ1n) is 9.18. The maximum Gasteiger partial charge on any atom is 0.306 e. The first kappa shape index (κ1) is 22.8. The zero-order valence-electron chi connectivity index (χ0n) is 15.1. The minimum absolute atomic E-state index is 0.130.